The summed E-state index contributed by atoms with van der Waals surface area (Å²) in [7, 11) is 0. The van der Waals surface area contributed by atoms with Crippen LogP contribution in [0.4, 0.5) is 28.4 Å². The summed E-state index contributed by atoms with van der Waals surface area (Å²) in [5.74, 6) is 0.610. The maximum Gasteiger partial charge on any atom is 0.0526 e. The lowest BCUT2D eigenvalue weighted by molar-refractivity contribution is 0.434. The van der Waals surface area contributed by atoms with Gasteiger partial charge in [0.1, 0.15) is 0 Å². The first-order valence-electron chi connectivity index (χ1n) is 24.7. The van der Waals surface area contributed by atoms with Gasteiger partial charge in [-0.1, -0.05) is 188 Å². The second-order valence-electron chi connectivity index (χ2n) is 19.0. The van der Waals surface area contributed by atoms with E-state index in [-0.39, 0.29) is 11.3 Å². The molecule has 2 unspecified atom stereocenters. The van der Waals surface area contributed by atoms with E-state index in [1.165, 1.54) is 83.9 Å². The summed E-state index contributed by atoms with van der Waals surface area (Å²) in [5, 5.41) is 0. The Morgan fingerprint density at radius 3 is 1.65 bits per heavy atom. The number of hydrogen-bond acceptors (Lipinski definition) is 2. The van der Waals surface area contributed by atoms with Crippen LogP contribution in [-0.4, -0.2) is 0 Å². The van der Waals surface area contributed by atoms with Gasteiger partial charge in [0.25, 0.3) is 0 Å². The number of hydrogen-bond donors (Lipinski definition) is 0. The molecule has 330 valence electrons. The fraction of sp³-hybridized carbons (Fsp3) is 0.104. The monoisotopic (exact) mass is 884 g/mol. The van der Waals surface area contributed by atoms with Crippen molar-refractivity contribution in [2.24, 2.45) is 5.92 Å². The lowest BCUT2D eigenvalue weighted by Gasteiger charge is -2.40. The normalized spacial score (nSPS) is 17.4. The van der Waals surface area contributed by atoms with Gasteiger partial charge in [-0.05, 0) is 159 Å². The van der Waals surface area contributed by atoms with Gasteiger partial charge >= 0.3 is 0 Å². The topological polar surface area (TPSA) is 6.48 Å². The van der Waals surface area contributed by atoms with Crippen molar-refractivity contribution in [2.45, 2.75) is 37.0 Å². The molecule has 3 aliphatic carbocycles. The molecular formula is C67H52N2. The molecule has 0 radical (unpaired) electrons. The molecule has 69 heavy (non-hydrogen) atoms. The van der Waals surface area contributed by atoms with Crippen molar-refractivity contribution in [1.82, 2.24) is 0 Å². The van der Waals surface area contributed by atoms with E-state index < -0.39 is 0 Å². The maximum absolute atomic E-state index is 2.55. The summed E-state index contributed by atoms with van der Waals surface area (Å²) >= 11 is 0. The molecule has 0 saturated heterocycles. The first kappa shape index (κ1) is 41.0. The van der Waals surface area contributed by atoms with E-state index in [2.05, 4.69) is 265 Å². The van der Waals surface area contributed by atoms with E-state index >= 15 is 0 Å². The Labute approximate surface area is 406 Å². The van der Waals surface area contributed by atoms with Crippen molar-refractivity contribution >= 4 is 39.6 Å². The quantitative estimate of drug-likeness (QED) is 0.142. The van der Waals surface area contributed by atoms with E-state index in [0.29, 0.717) is 5.92 Å². The van der Waals surface area contributed by atoms with Crippen LogP contribution < -0.4 is 9.80 Å². The zero-order valence-electron chi connectivity index (χ0n) is 38.6. The predicted molar refractivity (Wildman–Crippen MR) is 289 cm³/mol. The van der Waals surface area contributed by atoms with Crippen LogP contribution in [0.15, 0.2) is 261 Å². The summed E-state index contributed by atoms with van der Waals surface area (Å²) in [6, 6.07) is 88.3. The third-order valence-corrected chi connectivity index (χ3v) is 15.4. The molecule has 0 aromatic heterocycles. The van der Waals surface area contributed by atoms with Gasteiger partial charge in [-0.25, -0.2) is 0 Å². The molecular weight excluding hydrogens is 833 g/mol. The minimum atomic E-state index is -0.386. The third kappa shape index (κ3) is 6.85. The van der Waals surface area contributed by atoms with Gasteiger partial charge < -0.3 is 9.80 Å². The number of anilines is 5. The van der Waals surface area contributed by atoms with E-state index in [9.17, 15) is 0 Å². The summed E-state index contributed by atoms with van der Waals surface area (Å²) in [6.07, 6.45) is 11.2. The van der Waals surface area contributed by atoms with Crippen molar-refractivity contribution in [3.63, 3.8) is 0 Å². The third-order valence-electron chi connectivity index (χ3n) is 15.4. The Morgan fingerprint density at radius 1 is 0.478 bits per heavy atom. The average Bonchev–Trinajstić information content (AvgIpc) is 3.93. The zero-order valence-corrected chi connectivity index (χ0v) is 38.6. The molecule has 2 heteroatoms. The van der Waals surface area contributed by atoms with E-state index in [0.717, 1.165) is 42.7 Å². The van der Waals surface area contributed by atoms with Gasteiger partial charge in [-0.3, -0.25) is 0 Å². The van der Waals surface area contributed by atoms with E-state index in [1.807, 2.05) is 0 Å². The highest BCUT2D eigenvalue weighted by Gasteiger charge is 2.53. The molecule has 2 atom stereocenters. The molecule has 0 amide bonds. The molecule has 0 fully saturated rings. The summed E-state index contributed by atoms with van der Waals surface area (Å²) < 4.78 is 0. The Bertz CT molecular complexity index is 3370. The van der Waals surface area contributed by atoms with Gasteiger partial charge in [0.2, 0.25) is 0 Å². The number of fused-ring (bicyclic) bond motifs is 6. The molecule has 0 N–H and O–H groups in total. The fourth-order valence-electron chi connectivity index (χ4n) is 12.4. The van der Waals surface area contributed by atoms with Gasteiger partial charge in [0.05, 0.1) is 5.41 Å². The highest BCUT2D eigenvalue weighted by Crippen LogP contribution is 2.63. The van der Waals surface area contributed by atoms with Crippen molar-refractivity contribution in [3.05, 3.63) is 294 Å². The predicted octanol–water partition coefficient (Wildman–Crippen LogP) is 17.6. The van der Waals surface area contributed by atoms with Crippen LogP contribution >= 0.6 is 0 Å². The van der Waals surface area contributed by atoms with Crippen molar-refractivity contribution in [1.29, 1.82) is 0 Å². The van der Waals surface area contributed by atoms with Gasteiger partial charge in [-0.2, -0.15) is 0 Å². The largest absolute Gasteiger partial charge is 0.313 e. The molecule has 13 rings (SSSR count). The number of benzene rings is 9. The maximum atomic E-state index is 2.55. The highest BCUT2D eigenvalue weighted by atomic mass is 15.2. The molecule has 9 aromatic carbocycles. The van der Waals surface area contributed by atoms with Crippen molar-refractivity contribution in [3.8, 4) is 22.3 Å². The summed E-state index contributed by atoms with van der Waals surface area (Å²) in [6.45, 7) is 0. The molecule has 2 nitrogen and oxygen atoms in total. The smallest absolute Gasteiger partial charge is 0.0526 e. The SMILES string of the molecule is C1=CCC2C(=C1)N(c1ccccc1)c1ccc(-c3ccc(N(c4ccc(-c5ccccc5)cc4)c4ccc5c(c4)C(c4ccccc4)(c4ccccc4)C4CCCC(c6ccccc6)=C54)cc3)cc12. The van der Waals surface area contributed by atoms with Gasteiger partial charge in [-0.15, -0.1) is 0 Å². The second kappa shape index (κ2) is 17.1. The minimum absolute atomic E-state index is 0.276. The first-order valence-corrected chi connectivity index (χ1v) is 24.7. The van der Waals surface area contributed by atoms with Crippen molar-refractivity contribution in [2.75, 3.05) is 9.80 Å². The number of allylic oxidation sites excluding steroid dienone is 6. The number of nitrogens with zero attached hydrogens (tertiary/aromatic N) is 2. The first-order chi connectivity index (χ1) is 34.2. The standard InChI is InChI=1S/C67H52N2/c1-6-19-47(20-7-1)48-33-38-55(39-34-48)68(56-40-35-49(36-41-56)51-37-44-65-61(45-51)59-29-16-17-32-64(59)69(65)54-27-14-5-15-28-54)57-42-43-60-63(46-57)67(52-23-10-3-11-24-52,53-25-12-4-13-26-53)62-31-18-30-58(66(60)62)50-21-8-2-9-22-50/h1-17,19-28,32-46,59,62H,18,29-31H2. The van der Waals surface area contributed by atoms with Crippen LogP contribution in [0, 0.1) is 5.92 Å². The van der Waals surface area contributed by atoms with E-state index in [1.54, 1.807) is 0 Å². The Morgan fingerprint density at radius 2 is 1.01 bits per heavy atom. The molecule has 0 saturated carbocycles. The molecule has 0 spiro atoms. The van der Waals surface area contributed by atoms with Crippen LogP contribution in [0.1, 0.15) is 65.0 Å². The molecule has 1 aliphatic heterocycles. The summed E-state index contributed by atoms with van der Waals surface area (Å²) in [5.41, 5.74) is 22.9. The molecule has 9 aromatic rings. The average molecular weight is 885 g/mol. The lowest BCUT2D eigenvalue weighted by Crippen LogP contribution is -2.35. The second-order valence-corrected chi connectivity index (χ2v) is 19.0. The Hall–Kier alpha value is -8.20. The molecule has 1 heterocycles. The molecule has 4 aliphatic rings. The zero-order chi connectivity index (χ0) is 45.7. The van der Waals surface area contributed by atoms with Crippen LogP contribution in [-0.2, 0) is 5.41 Å². The van der Waals surface area contributed by atoms with Gasteiger partial charge in [0, 0.05) is 46.0 Å². The minimum Gasteiger partial charge on any atom is -0.313 e. The number of rotatable bonds is 9. The van der Waals surface area contributed by atoms with Crippen LogP contribution in [0.3, 0.4) is 0 Å². The highest BCUT2D eigenvalue weighted by molar-refractivity contribution is 5.99. The summed E-state index contributed by atoms with van der Waals surface area (Å²) in [4.78, 5) is 4.92. The van der Waals surface area contributed by atoms with Crippen LogP contribution in [0.2, 0.25) is 0 Å². The lowest BCUT2D eigenvalue weighted by atomic mass is 9.61. The molecule has 0 bridgehead atoms. The Kier molecular flexibility index (Phi) is 10.2. The van der Waals surface area contributed by atoms with Crippen LogP contribution in [0.25, 0.3) is 33.4 Å². The fourth-order valence-corrected chi connectivity index (χ4v) is 12.4. The van der Waals surface area contributed by atoms with Crippen molar-refractivity contribution < 1.29 is 0 Å². The van der Waals surface area contributed by atoms with Gasteiger partial charge in [0.15, 0.2) is 0 Å². The number of para-hydroxylation sites is 1. The Balaban J connectivity index is 0.971. The van der Waals surface area contributed by atoms with Crippen LogP contribution in [0.5, 0.6) is 0 Å². The van der Waals surface area contributed by atoms with E-state index in [4.69, 9.17) is 0 Å².